The number of hydrogen-bond acceptors (Lipinski definition) is 3. The van der Waals surface area contributed by atoms with Crippen LogP contribution in [0.2, 0.25) is 0 Å². The van der Waals surface area contributed by atoms with E-state index in [1.165, 1.54) is 12.8 Å². The minimum absolute atomic E-state index is 0.301. The van der Waals surface area contributed by atoms with Crippen LogP contribution in [0.3, 0.4) is 0 Å². The Morgan fingerprint density at radius 2 is 2.12 bits per heavy atom. The maximum absolute atomic E-state index is 11.1. The van der Waals surface area contributed by atoms with E-state index in [0.29, 0.717) is 12.5 Å². The molecule has 1 N–H and O–H groups in total. The van der Waals surface area contributed by atoms with Gasteiger partial charge in [0.25, 0.3) is 0 Å². The van der Waals surface area contributed by atoms with Crippen molar-refractivity contribution in [1.82, 2.24) is 4.90 Å². The van der Waals surface area contributed by atoms with Gasteiger partial charge in [-0.25, -0.2) is 0 Å². The van der Waals surface area contributed by atoms with Gasteiger partial charge in [0.05, 0.1) is 6.61 Å². The van der Waals surface area contributed by atoms with Crippen LogP contribution in [-0.4, -0.2) is 48.8 Å². The van der Waals surface area contributed by atoms with Crippen molar-refractivity contribution in [3.63, 3.8) is 0 Å². The first-order valence-electron chi connectivity index (χ1n) is 6.19. The molecule has 2 aliphatic rings. The third-order valence-electron chi connectivity index (χ3n) is 3.44. The number of aliphatic carboxylic acids is 1. The summed E-state index contributed by atoms with van der Waals surface area (Å²) in [5.74, 6) is 0.460. The van der Waals surface area contributed by atoms with Gasteiger partial charge in [-0.05, 0) is 44.6 Å². The average molecular weight is 227 g/mol. The molecule has 92 valence electrons. The zero-order valence-corrected chi connectivity index (χ0v) is 9.89. The van der Waals surface area contributed by atoms with Crippen molar-refractivity contribution in [2.45, 2.75) is 31.7 Å². The van der Waals surface area contributed by atoms with E-state index in [2.05, 4.69) is 0 Å². The highest BCUT2D eigenvalue weighted by molar-refractivity contribution is 5.74. The lowest BCUT2D eigenvalue weighted by Crippen LogP contribution is -2.41. The molecular formula is C12H21NO3. The third kappa shape index (κ3) is 3.46. The Morgan fingerprint density at radius 3 is 2.62 bits per heavy atom. The van der Waals surface area contributed by atoms with Crippen LogP contribution in [0.4, 0.5) is 0 Å². The Labute approximate surface area is 96.6 Å². The zero-order chi connectivity index (χ0) is 11.5. The summed E-state index contributed by atoms with van der Waals surface area (Å²) in [5, 5.41) is 9.13. The summed E-state index contributed by atoms with van der Waals surface area (Å²) in [7, 11) is 1.89. The molecule has 0 aliphatic heterocycles. The number of nitrogens with zero attached hydrogens (tertiary/aromatic N) is 1. The van der Waals surface area contributed by atoms with Crippen LogP contribution >= 0.6 is 0 Å². The quantitative estimate of drug-likeness (QED) is 0.633. The second-order valence-electron chi connectivity index (χ2n) is 5.12. The SMILES string of the molecule is CN(CCOCC1CC1)C(C(=O)O)C1CC1. The first-order chi connectivity index (χ1) is 7.68. The molecule has 2 fully saturated rings. The topological polar surface area (TPSA) is 49.8 Å². The molecule has 16 heavy (non-hydrogen) atoms. The monoisotopic (exact) mass is 227 g/mol. The van der Waals surface area contributed by atoms with Crippen molar-refractivity contribution >= 4 is 5.97 Å². The molecule has 0 radical (unpaired) electrons. The molecule has 2 saturated carbocycles. The second-order valence-corrected chi connectivity index (χ2v) is 5.12. The number of carboxylic acid groups (broad SMARTS) is 1. The Morgan fingerprint density at radius 1 is 1.44 bits per heavy atom. The van der Waals surface area contributed by atoms with Gasteiger partial charge in [0.2, 0.25) is 0 Å². The number of ether oxygens (including phenoxy) is 1. The first-order valence-corrected chi connectivity index (χ1v) is 6.19. The van der Waals surface area contributed by atoms with Crippen LogP contribution in [0.1, 0.15) is 25.7 Å². The van der Waals surface area contributed by atoms with Gasteiger partial charge in [0.1, 0.15) is 6.04 Å². The van der Waals surface area contributed by atoms with Crippen molar-refractivity contribution in [2.75, 3.05) is 26.8 Å². The molecule has 1 unspecified atom stereocenters. The highest BCUT2D eigenvalue weighted by atomic mass is 16.5. The predicted molar refractivity (Wildman–Crippen MR) is 60.3 cm³/mol. The number of rotatable bonds is 8. The smallest absolute Gasteiger partial charge is 0.321 e. The summed E-state index contributed by atoms with van der Waals surface area (Å²) in [6, 6.07) is -0.301. The molecule has 0 bridgehead atoms. The summed E-state index contributed by atoms with van der Waals surface area (Å²) >= 11 is 0. The third-order valence-corrected chi connectivity index (χ3v) is 3.44. The molecule has 2 aliphatic carbocycles. The molecule has 2 rings (SSSR count). The summed E-state index contributed by atoms with van der Waals surface area (Å²) in [5.41, 5.74) is 0. The van der Waals surface area contributed by atoms with Gasteiger partial charge in [-0.15, -0.1) is 0 Å². The summed E-state index contributed by atoms with van der Waals surface area (Å²) in [6.07, 6.45) is 4.72. The van der Waals surface area contributed by atoms with E-state index in [4.69, 9.17) is 9.84 Å². The molecule has 0 spiro atoms. The van der Waals surface area contributed by atoms with E-state index >= 15 is 0 Å². The van der Waals surface area contributed by atoms with Crippen molar-refractivity contribution in [1.29, 1.82) is 0 Å². The number of likely N-dealkylation sites (N-methyl/N-ethyl adjacent to an activating group) is 1. The number of hydrogen-bond donors (Lipinski definition) is 1. The van der Waals surface area contributed by atoms with Gasteiger partial charge in [-0.3, -0.25) is 9.69 Å². The Kier molecular flexibility index (Phi) is 3.82. The molecular weight excluding hydrogens is 206 g/mol. The van der Waals surface area contributed by atoms with Gasteiger partial charge in [-0.1, -0.05) is 0 Å². The fraction of sp³-hybridized carbons (Fsp3) is 0.917. The molecule has 0 aromatic rings. The summed E-state index contributed by atoms with van der Waals surface area (Å²) in [6.45, 7) is 2.23. The van der Waals surface area contributed by atoms with Gasteiger partial charge < -0.3 is 9.84 Å². The zero-order valence-electron chi connectivity index (χ0n) is 9.89. The van der Waals surface area contributed by atoms with Crippen LogP contribution < -0.4 is 0 Å². The minimum atomic E-state index is -0.688. The molecule has 0 amide bonds. The molecule has 0 aromatic carbocycles. The molecule has 0 aromatic heterocycles. The van der Waals surface area contributed by atoms with Gasteiger partial charge in [0, 0.05) is 13.2 Å². The number of carboxylic acids is 1. The van der Waals surface area contributed by atoms with Crippen LogP contribution in [0.15, 0.2) is 0 Å². The Bertz CT molecular complexity index is 249. The van der Waals surface area contributed by atoms with Crippen molar-refractivity contribution < 1.29 is 14.6 Å². The fourth-order valence-corrected chi connectivity index (χ4v) is 2.04. The van der Waals surface area contributed by atoms with E-state index in [1.54, 1.807) is 0 Å². The largest absolute Gasteiger partial charge is 0.480 e. The normalized spacial score (nSPS) is 22.4. The van der Waals surface area contributed by atoms with Crippen LogP contribution in [0, 0.1) is 11.8 Å². The van der Waals surface area contributed by atoms with E-state index in [1.807, 2.05) is 11.9 Å². The van der Waals surface area contributed by atoms with Crippen molar-refractivity contribution in [3.05, 3.63) is 0 Å². The number of carbonyl (C=O) groups is 1. The van der Waals surface area contributed by atoms with Crippen LogP contribution in [-0.2, 0) is 9.53 Å². The Hall–Kier alpha value is -0.610. The standard InChI is InChI=1S/C12H21NO3/c1-13(6-7-16-8-9-2-3-9)11(12(14)15)10-4-5-10/h9-11H,2-8H2,1H3,(H,14,15). The lowest BCUT2D eigenvalue weighted by molar-refractivity contribution is -0.143. The highest BCUT2D eigenvalue weighted by Gasteiger charge is 2.38. The van der Waals surface area contributed by atoms with Crippen LogP contribution in [0.25, 0.3) is 0 Å². The van der Waals surface area contributed by atoms with Crippen molar-refractivity contribution in [3.8, 4) is 0 Å². The first kappa shape index (κ1) is 11.9. The van der Waals surface area contributed by atoms with E-state index in [9.17, 15) is 4.79 Å². The lowest BCUT2D eigenvalue weighted by Gasteiger charge is -2.24. The second kappa shape index (κ2) is 5.15. The van der Waals surface area contributed by atoms with Gasteiger partial charge >= 0.3 is 5.97 Å². The minimum Gasteiger partial charge on any atom is -0.480 e. The summed E-state index contributed by atoms with van der Waals surface area (Å²) in [4.78, 5) is 13.0. The predicted octanol–water partition coefficient (Wildman–Crippen LogP) is 1.21. The van der Waals surface area contributed by atoms with Gasteiger partial charge in [0.15, 0.2) is 0 Å². The lowest BCUT2D eigenvalue weighted by atomic mass is 10.1. The molecule has 1 atom stereocenters. The summed E-state index contributed by atoms with van der Waals surface area (Å²) < 4.78 is 5.52. The van der Waals surface area contributed by atoms with E-state index < -0.39 is 5.97 Å². The van der Waals surface area contributed by atoms with Crippen molar-refractivity contribution in [2.24, 2.45) is 11.8 Å². The maximum Gasteiger partial charge on any atom is 0.321 e. The average Bonchev–Trinajstić information content (AvgIpc) is 3.05. The molecule has 4 heteroatoms. The Balaban J connectivity index is 1.63. The highest BCUT2D eigenvalue weighted by Crippen LogP contribution is 2.35. The molecule has 0 heterocycles. The van der Waals surface area contributed by atoms with Crippen LogP contribution in [0.5, 0.6) is 0 Å². The van der Waals surface area contributed by atoms with E-state index in [0.717, 1.165) is 31.9 Å². The maximum atomic E-state index is 11.1. The van der Waals surface area contributed by atoms with E-state index in [-0.39, 0.29) is 6.04 Å². The molecule has 0 saturated heterocycles. The molecule has 4 nitrogen and oxygen atoms in total. The fourth-order valence-electron chi connectivity index (χ4n) is 2.04. The van der Waals surface area contributed by atoms with Gasteiger partial charge in [-0.2, -0.15) is 0 Å².